The second kappa shape index (κ2) is 6.00. The van der Waals surface area contributed by atoms with Crippen molar-refractivity contribution in [2.45, 2.75) is 12.5 Å². The van der Waals surface area contributed by atoms with Gasteiger partial charge in [0.2, 0.25) is 5.91 Å². The van der Waals surface area contributed by atoms with Gasteiger partial charge in [0.15, 0.2) is 17.2 Å². The number of hydrogen-bond donors (Lipinski definition) is 2. The summed E-state index contributed by atoms with van der Waals surface area (Å²) < 4.78 is 31.2. The molecule has 130 valence electrons. The summed E-state index contributed by atoms with van der Waals surface area (Å²) in [6.45, 7) is 0.874. The molecule has 0 bridgehead atoms. The van der Waals surface area contributed by atoms with Gasteiger partial charge < -0.3 is 15.1 Å². The molecule has 0 radical (unpaired) electrons. The van der Waals surface area contributed by atoms with E-state index >= 15 is 0 Å². The summed E-state index contributed by atoms with van der Waals surface area (Å²) >= 11 is 0. The Labute approximate surface area is 140 Å². The number of carbonyl (C=O) groups excluding carboxylic acids is 3. The molecule has 0 spiro atoms. The lowest BCUT2D eigenvalue weighted by Crippen LogP contribution is -2.41. The third-order valence-corrected chi connectivity index (χ3v) is 3.79. The Morgan fingerprint density at radius 2 is 2.04 bits per heavy atom. The maximum Gasteiger partial charge on any atom is 0.325 e. The van der Waals surface area contributed by atoms with E-state index in [-0.39, 0.29) is 11.4 Å². The second-order valence-corrected chi connectivity index (χ2v) is 5.60. The van der Waals surface area contributed by atoms with Crippen molar-refractivity contribution in [3.8, 4) is 0 Å². The van der Waals surface area contributed by atoms with Gasteiger partial charge in [-0.1, -0.05) is 0 Å². The average molecular weight is 349 g/mol. The highest BCUT2D eigenvalue weighted by atomic mass is 19.2. The van der Waals surface area contributed by atoms with Gasteiger partial charge in [0.25, 0.3) is 5.91 Å². The average Bonchev–Trinajstić information content (AvgIpc) is 3.16. The highest BCUT2D eigenvalue weighted by molar-refractivity contribution is 6.09. The van der Waals surface area contributed by atoms with Crippen LogP contribution in [0.15, 0.2) is 41.0 Å². The molecular formula is C16H13F2N3O4. The van der Waals surface area contributed by atoms with Crippen LogP contribution in [0.1, 0.15) is 12.7 Å². The SMILES string of the molecule is CC1(c2ccco2)NC(=O)N(CC(=O)Nc2ccc(F)c(F)c2)C1=O. The maximum absolute atomic E-state index is 13.2. The number of benzene rings is 1. The van der Waals surface area contributed by atoms with Crippen LogP contribution in [0.3, 0.4) is 0 Å². The molecule has 3 rings (SSSR count). The number of imide groups is 1. The fourth-order valence-electron chi connectivity index (χ4n) is 2.49. The first-order valence-electron chi connectivity index (χ1n) is 7.24. The van der Waals surface area contributed by atoms with Crippen LogP contribution in [0.2, 0.25) is 0 Å². The van der Waals surface area contributed by atoms with Crippen LogP contribution in [0.5, 0.6) is 0 Å². The summed E-state index contributed by atoms with van der Waals surface area (Å²) in [5.41, 5.74) is -1.41. The van der Waals surface area contributed by atoms with E-state index in [1.807, 2.05) is 0 Å². The van der Waals surface area contributed by atoms with Gasteiger partial charge in [0.1, 0.15) is 12.3 Å². The number of rotatable bonds is 4. The summed E-state index contributed by atoms with van der Waals surface area (Å²) in [5.74, 6) is -3.35. The van der Waals surface area contributed by atoms with Crippen molar-refractivity contribution < 1.29 is 27.6 Å². The topological polar surface area (TPSA) is 91.7 Å². The molecule has 9 heteroatoms. The standard InChI is InChI=1S/C16H13F2N3O4/c1-16(12-3-2-6-25-12)14(23)21(15(24)20-16)8-13(22)19-9-4-5-10(17)11(18)7-9/h2-7H,8H2,1H3,(H,19,22)(H,20,24). The molecule has 1 atom stereocenters. The summed E-state index contributed by atoms with van der Waals surface area (Å²) in [5, 5.41) is 4.77. The predicted molar refractivity (Wildman–Crippen MR) is 81.3 cm³/mol. The molecule has 2 aromatic rings. The number of halogens is 2. The van der Waals surface area contributed by atoms with Crippen LogP contribution in [0, 0.1) is 11.6 Å². The van der Waals surface area contributed by atoms with Crippen LogP contribution in [-0.2, 0) is 15.1 Å². The van der Waals surface area contributed by atoms with E-state index in [4.69, 9.17) is 4.42 Å². The minimum atomic E-state index is -1.41. The molecule has 1 aromatic carbocycles. The van der Waals surface area contributed by atoms with Crippen molar-refractivity contribution in [3.63, 3.8) is 0 Å². The number of urea groups is 1. The molecule has 0 saturated carbocycles. The van der Waals surface area contributed by atoms with Gasteiger partial charge in [-0.05, 0) is 31.2 Å². The molecule has 1 fully saturated rings. The third-order valence-electron chi connectivity index (χ3n) is 3.79. The van der Waals surface area contributed by atoms with Gasteiger partial charge in [-0.25, -0.2) is 13.6 Å². The Hall–Kier alpha value is -3.23. The van der Waals surface area contributed by atoms with Gasteiger partial charge in [-0.15, -0.1) is 0 Å². The fourth-order valence-corrected chi connectivity index (χ4v) is 2.49. The Bertz CT molecular complexity index is 853. The van der Waals surface area contributed by atoms with Gasteiger partial charge in [-0.2, -0.15) is 0 Å². The van der Waals surface area contributed by atoms with Crippen LogP contribution in [0.25, 0.3) is 0 Å². The van der Waals surface area contributed by atoms with E-state index in [1.165, 1.54) is 19.3 Å². The van der Waals surface area contributed by atoms with Gasteiger partial charge in [-0.3, -0.25) is 14.5 Å². The fraction of sp³-hybridized carbons (Fsp3) is 0.188. The zero-order valence-electron chi connectivity index (χ0n) is 13.0. The number of nitrogens with one attached hydrogen (secondary N) is 2. The zero-order valence-corrected chi connectivity index (χ0v) is 13.0. The van der Waals surface area contributed by atoms with Crippen LogP contribution in [0.4, 0.5) is 19.3 Å². The number of carbonyl (C=O) groups is 3. The summed E-state index contributed by atoms with van der Waals surface area (Å²) in [4.78, 5) is 37.3. The zero-order chi connectivity index (χ0) is 18.2. The van der Waals surface area contributed by atoms with Crippen molar-refractivity contribution in [1.29, 1.82) is 0 Å². The van der Waals surface area contributed by atoms with Crippen molar-refractivity contribution in [1.82, 2.24) is 10.2 Å². The lowest BCUT2D eigenvalue weighted by atomic mass is 9.99. The normalized spacial score (nSPS) is 19.9. The smallest absolute Gasteiger partial charge is 0.325 e. The summed E-state index contributed by atoms with van der Waals surface area (Å²) in [6, 6.07) is 5.15. The first-order valence-corrected chi connectivity index (χ1v) is 7.24. The Balaban J connectivity index is 1.72. The third kappa shape index (κ3) is 2.95. The molecule has 1 unspecified atom stereocenters. The molecule has 1 aromatic heterocycles. The van der Waals surface area contributed by atoms with E-state index in [0.29, 0.717) is 0 Å². The van der Waals surface area contributed by atoms with Crippen LogP contribution in [-0.4, -0.2) is 29.3 Å². The number of nitrogens with zero attached hydrogens (tertiary/aromatic N) is 1. The number of furan rings is 1. The van der Waals surface area contributed by atoms with Crippen molar-refractivity contribution in [3.05, 3.63) is 54.0 Å². The minimum Gasteiger partial charge on any atom is -0.466 e. The van der Waals surface area contributed by atoms with Crippen molar-refractivity contribution in [2.75, 3.05) is 11.9 Å². The number of anilines is 1. The number of hydrogen-bond acceptors (Lipinski definition) is 4. The monoisotopic (exact) mass is 349 g/mol. The van der Waals surface area contributed by atoms with Crippen molar-refractivity contribution >= 4 is 23.5 Å². The summed E-state index contributed by atoms with van der Waals surface area (Å²) in [6.07, 6.45) is 1.36. The van der Waals surface area contributed by atoms with E-state index in [0.717, 1.165) is 23.1 Å². The molecule has 2 N–H and O–H groups in total. The van der Waals surface area contributed by atoms with E-state index in [1.54, 1.807) is 6.07 Å². The van der Waals surface area contributed by atoms with Crippen molar-refractivity contribution in [2.24, 2.45) is 0 Å². The quantitative estimate of drug-likeness (QED) is 0.826. The first kappa shape index (κ1) is 16.6. The van der Waals surface area contributed by atoms with E-state index < -0.39 is 41.6 Å². The highest BCUT2D eigenvalue weighted by Crippen LogP contribution is 2.28. The van der Waals surface area contributed by atoms with E-state index in [9.17, 15) is 23.2 Å². The lowest BCUT2D eigenvalue weighted by Gasteiger charge is -2.18. The van der Waals surface area contributed by atoms with Crippen LogP contribution < -0.4 is 10.6 Å². The Morgan fingerprint density at radius 1 is 1.28 bits per heavy atom. The van der Waals surface area contributed by atoms with Gasteiger partial charge >= 0.3 is 6.03 Å². The molecule has 1 aliphatic heterocycles. The molecule has 0 aliphatic carbocycles. The minimum absolute atomic E-state index is 0.00440. The molecule has 1 saturated heterocycles. The molecule has 1 aliphatic rings. The molecule has 2 heterocycles. The molecule has 25 heavy (non-hydrogen) atoms. The number of amides is 4. The molecule has 4 amide bonds. The van der Waals surface area contributed by atoms with E-state index in [2.05, 4.69) is 10.6 Å². The first-order chi connectivity index (χ1) is 11.8. The van der Waals surface area contributed by atoms with Gasteiger partial charge in [0, 0.05) is 11.8 Å². The predicted octanol–water partition coefficient (Wildman–Crippen LogP) is 1.96. The molecule has 7 nitrogen and oxygen atoms in total. The Kier molecular flexibility index (Phi) is 3.99. The van der Waals surface area contributed by atoms with Gasteiger partial charge in [0.05, 0.1) is 6.26 Å². The second-order valence-electron chi connectivity index (χ2n) is 5.60. The molecular weight excluding hydrogens is 336 g/mol. The maximum atomic E-state index is 13.2. The largest absolute Gasteiger partial charge is 0.466 e. The summed E-state index contributed by atoms with van der Waals surface area (Å²) in [7, 11) is 0. The lowest BCUT2D eigenvalue weighted by molar-refractivity contribution is -0.134. The van der Waals surface area contributed by atoms with Crippen LogP contribution >= 0.6 is 0 Å². The Morgan fingerprint density at radius 3 is 2.68 bits per heavy atom. The highest BCUT2D eigenvalue weighted by Gasteiger charge is 2.51.